The quantitative estimate of drug-likeness (QED) is 0.812. The third kappa shape index (κ3) is 4.41. The van der Waals surface area contributed by atoms with Crippen molar-refractivity contribution in [1.82, 2.24) is 4.90 Å². The van der Waals surface area contributed by atoms with Crippen LogP contribution in [0.2, 0.25) is 0 Å². The van der Waals surface area contributed by atoms with E-state index < -0.39 is 53.6 Å². The molecule has 1 N–H and O–H groups in total. The van der Waals surface area contributed by atoms with E-state index in [1.807, 2.05) is 0 Å². The molecule has 0 aliphatic carbocycles. The van der Waals surface area contributed by atoms with Crippen LogP contribution in [0.3, 0.4) is 0 Å². The van der Waals surface area contributed by atoms with Gasteiger partial charge in [-0.15, -0.1) is 0 Å². The van der Waals surface area contributed by atoms with E-state index >= 15 is 0 Å². The first-order chi connectivity index (χ1) is 11.4. The van der Waals surface area contributed by atoms with E-state index in [0.29, 0.717) is 12.1 Å². The normalized spacial score (nSPS) is 19.0. The molecule has 1 aromatic rings. The lowest BCUT2D eigenvalue weighted by atomic mass is 10.0. The van der Waals surface area contributed by atoms with Gasteiger partial charge in [0.15, 0.2) is 6.10 Å². The number of amides is 1. The van der Waals surface area contributed by atoms with Crippen LogP contribution in [0, 0.1) is 0 Å². The molecule has 0 unspecified atom stereocenters. The van der Waals surface area contributed by atoms with E-state index in [4.69, 9.17) is 9.84 Å². The summed E-state index contributed by atoms with van der Waals surface area (Å²) >= 11 is 0. The molecule has 1 heterocycles. The smallest absolute Gasteiger partial charge is 0.416 e. The second-order valence-electron chi connectivity index (χ2n) is 5.24. The number of carboxylic acid groups (broad SMARTS) is 1. The van der Waals surface area contributed by atoms with Crippen LogP contribution in [-0.2, 0) is 21.9 Å². The topological polar surface area (TPSA) is 66.8 Å². The van der Waals surface area contributed by atoms with Crippen LogP contribution in [0.1, 0.15) is 21.5 Å². The maximum absolute atomic E-state index is 12.8. The predicted molar refractivity (Wildman–Crippen MR) is 69.7 cm³/mol. The fraction of sp³-hybridized carbons (Fsp3) is 0.429. The number of benzene rings is 1. The summed E-state index contributed by atoms with van der Waals surface area (Å²) in [5.74, 6) is -2.52. The highest BCUT2D eigenvalue weighted by Crippen LogP contribution is 2.36. The zero-order valence-corrected chi connectivity index (χ0v) is 12.3. The van der Waals surface area contributed by atoms with Crippen molar-refractivity contribution >= 4 is 11.9 Å². The highest BCUT2D eigenvalue weighted by Gasteiger charge is 2.38. The van der Waals surface area contributed by atoms with Crippen LogP contribution in [0.15, 0.2) is 18.2 Å². The second kappa shape index (κ2) is 6.54. The average molecular weight is 371 g/mol. The van der Waals surface area contributed by atoms with Crippen molar-refractivity contribution in [3.63, 3.8) is 0 Å². The van der Waals surface area contributed by atoms with Crippen molar-refractivity contribution in [3.05, 3.63) is 34.9 Å². The van der Waals surface area contributed by atoms with Crippen molar-refractivity contribution in [3.8, 4) is 0 Å². The van der Waals surface area contributed by atoms with Crippen molar-refractivity contribution in [2.24, 2.45) is 0 Å². The molecule has 1 fully saturated rings. The van der Waals surface area contributed by atoms with Gasteiger partial charge in [0.05, 0.1) is 24.3 Å². The predicted octanol–water partition coefficient (Wildman–Crippen LogP) is 2.65. The molecule has 1 atom stereocenters. The minimum Gasteiger partial charge on any atom is -0.479 e. The fourth-order valence-corrected chi connectivity index (χ4v) is 2.24. The van der Waals surface area contributed by atoms with Crippen molar-refractivity contribution in [2.75, 3.05) is 19.7 Å². The molecule has 0 aromatic heterocycles. The van der Waals surface area contributed by atoms with Gasteiger partial charge in [-0.3, -0.25) is 4.79 Å². The van der Waals surface area contributed by atoms with Crippen LogP contribution in [0.25, 0.3) is 0 Å². The summed E-state index contributed by atoms with van der Waals surface area (Å²) in [5, 5.41) is 8.85. The number of hydrogen-bond donors (Lipinski definition) is 1. The molecule has 1 aliphatic heterocycles. The summed E-state index contributed by atoms with van der Waals surface area (Å²) < 4.78 is 81.8. The Hall–Kier alpha value is -2.30. The number of carbonyl (C=O) groups excluding carboxylic acids is 1. The standard InChI is InChI=1S/C14H11F6NO4/c15-13(16,17)8-3-7(4-9(5-8)14(18,19)20)11(22)21-1-2-25-10(6-21)12(23)24/h3-5,10H,1-2,6H2,(H,23,24)/t10-/m0/s1. The van der Waals surface area contributed by atoms with Crippen LogP contribution in [0.5, 0.6) is 0 Å². The zero-order valence-electron chi connectivity index (χ0n) is 12.3. The van der Waals surface area contributed by atoms with Gasteiger partial charge in [-0.25, -0.2) is 4.79 Å². The lowest BCUT2D eigenvalue weighted by molar-refractivity contribution is -0.154. The van der Waals surface area contributed by atoms with Crippen LogP contribution < -0.4 is 0 Å². The molecule has 2 rings (SSSR count). The van der Waals surface area contributed by atoms with Gasteiger partial charge >= 0.3 is 18.3 Å². The van der Waals surface area contributed by atoms with E-state index in [9.17, 15) is 35.9 Å². The molecule has 1 saturated heterocycles. The molecule has 138 valence electrons. The van der Waals surface area contributed by atoms with E-state index in [1.165, 1.54) is 0 Å². The largest absolute Gasteiger partial charge is 0.479 e. The van der Waals surface area contributed by atoms with Gasteiger partial charge in [-0.1, -0.05) is 0 Å². The van der Waals surface area contributed by atoms with Gasteiger partial charge in [0, 0.05) is 12.1 Å². The molecular formula is C14H11F6NO4. The minimum absolute atomic E-state index is 0.0872. The maximum atomic E-state index is 12.8. The number of morpholine rings is 1. The van der Waals surface area contributed by atoms with Crippen molar-refractivity contribution < 1.29 is 45.8 Å². The number of aliphatic carboxylic acids is 1. The Labute approximate surface area is 136 Å². The van der Waals surface area contributed by atoms with Crippen LogP contribution in [-0.4, -0.2) is 47.7 Å². The summed E-state index contributed by atoms with van der Waals surface area (Å²) in [4.78, 5) is 24.0. The molecule has 1 aliphatic rings. The molecule has 0 bridgehead atoms. The van der Waals surface area contributed by atoms with Crippen molar-refractivity contribution in [1.29, 1.82) is 0 Å². The van der Waals surface area contributed by atoms with Gasteiger partial charge in [-0.2, -0.15) is 26.3 Å². The summed E-state index contributed by atoms with van der Waals surface area (Å²) in [6.07, 6.45) is -11.6. The Balaban J connectivity index is 2.40. The van der Waals surface area contributed by atoms with Gasteiger partial charge in [-0.05, 0) is 18.2 Å². The lowest BCUT2D eigenvalue weighted by Crippen LogP contribution is -2.48. The van der Waals surface area contributed by atoms with E-state index in [-0.39, 0.29) is 19.2 Å². The summed E-state index contributed by atoms with van der Waals surface area (Å²) in [5.41, 5.74) is -4.06. The number of ether oxygens (including phenoxy) is 1. The molecule has 11 heteroatoms. The zero-order chi connectivity index (χ0) is 19.0. The SMILES string of the molecule is O=C(O)[C@@H]1CN(C(=O)c2cc(C(F)(F)F)cc(C(F)(F)F)c2)CCO1. The Morgan fingerprint density at radius 1 is 1.04 bits per heavy atom. The Bertz CT molecular complexity index is 653. The number of rotatable bonds is 2. The van der Waals surface area contributed by atoms with Gasteiger partial charge < -0.3 is 14.7 Å². The highest BCUT2D eigenvalue weighted by molar-refractivity contribution is 5.95. The summed E-state index contributed by atoms with van der Waals surface area (Å²) in [6, 6.07) is 0.530. The number of hydrogen-bond acceptors (Lipinski definition) is 3. The summed E-state index contributed by atoms with van der Waals surface area (Å²) in [7, 11) is 0. The molecule has 1 amide bonds. The third-order valence-corrected chi connectivity index (χ3v) is 3.46. The van der Waals surface area contributed by atoms with E-state index in [0.717, 1.165) is 4.90 Å². The average Bonchev–Trinajstić information content (AvgIpc) is 2.52. The van der Waals surface area contributed by atoms with Crippen LogP contribution >= 0.6 is 0 Å². The first-order valence-corrected chi connectivity index (χ1v) is 6.83. The molecule has 0 saturated carbocycles. The molecule has 5 nitrogen and oxygen atoms in total. The molecule has 1 aromatic carbocycles. The van der Waals surface area contributed by atoms with E-state index in [2.05, 4.69) is 0 Å². The number of nitrogens with zero attached hydrogens (tertiary/aromatic N) is 1. The number of alkyl halides is 6. The summed E-state index contributed by atoms with van der Waals surface area (Å²) in [6.45, 7) is -0.834. The van der Waals surface area contributed by atoms with E-state index in [1.54, 1.807) is 0 Å². The highest BCUT2D eigenvalue weighted by atomic mass is 19.4. The molecule has 25 heavy (non-hydrogen) atoms. The van der Waals surface area contributed by atoms with Crippen LogP contribution in [0.4, 0.5) is 26.3 Å². The number of halogens is 6. The monoisotopic (exact) mass is 371 g/mol. The number of carbonyl (C=O) groups is 2. The fourth-order valence-electron chi connectivity index (χ4n) is 2.24. The first-order valence-electron chi connectivity index (χ1n) is 6.83. The Morgan fingerprint density at radius 2 is 1.56 bits per heavy atom. The minimum atomic E-state index is -5.08. The van der Waals surface area contributed by atoms with Gasteiger partial charge in [0.2, 0.25) is 0 Å². The number of carboxylic acids is 1. The molecular weight excluding hydrogens is 360 g/mol. The molecule has 0 spiro atoms. The van der Waals surface area contributed by atoms with Gasteiger partial charge in [0.1, 0.15) is 0 Å². The Morgan fingerprint density at radius 3 is 2.00 bits per heavy atom. The van der Waals surface area contributed by atoms with Gasteiger partial charge in [0.25, 0.3) is 5.91 Å². The Kier molecular flexibility index (Phi) is 4.98. The van der Waals surface area contributed by atoms with Crippen molar-refractivity contribution in [2.45, 2.75) is 18.5 Å². The maximum Gasteiger partial charge on any atom is 0.416 e. The lowest BCUT2D eigenvalue weighted by Gasteiger charge is -2.31. The molecule has 0 radical (unpaired) electrons. The first kappa shape index (κ1) is 19.0. The second-order valence-corrected chi connectivity index (χ2v) is 5.24. The third-order valence-electron chi connectivity index (χ3n) is 3.46.